The van der Waals surface area contributed by atoms with Gasteiger partial charge >= 0.3 is 17.6 Å². The van der Waals surface area contributed by atoms with E-state index in [9.17, 15) is 19.2 Å². The molecular weight excluding hydrogens is 322 g/mol. The number of carbonyl (C=O) groups excluding carboxylic acids is 1. The monoisotopic (exact) mass is 335 g/mol. The molecule has 0 bridgehead atoms. The molecule has 0 aliphatic heterocycles. The van der Waals surface area contributed by atoms with Crippen molar-refractivity contribution in [1.82, 2.24) is 5.32 Å². The van der Waals surface area contributed by atoms with Gasteiger partial charge in [-0.25, -0.2) is 9.59 Å². The highest BCUT2D eigenvalue weighted by Gasteiger charge is 2.23. The van der Waals surface area contributed by atoms with Crippen molar-refractivity contribution in [2.45, 2.75) is 12.5 Å². The first-order valence-electron chi connectivity index (χ1n) is 6.76. The van der Waals surface area contributed by atoms with Gasteiger partial charge in [0.25, 0.3) is 5.91 Å². The zero-order chi connectivity index (χ0) is 17.7. The number of carboxylic acid groups (broad SMARTS) is 2. The Balaban J connectivity index is 1.99. The van der Waals surface area contributed by atoms with Crippen LogP contribution in [0.15, 0.2) is 39.5 Å². The van der Waals surface area contributed by atoms with Crippen molar-refractivity contribution in [3.8, 4) is 5.75 Å². The fraction of sp³-hybridized carbons (Fsp3) is 0.200. The van der Waals surface area contributed by atoms with E-state index < -0.39 is 42.5 Å². The summed E-state index contributed by atoms with van der Waals surface area (Å²) in [5.74, 6) is -3.37. The third kappa shape index (κ3) is 4.57. The Kier molecular flexibility index (Phi) is 5.15. The molecule has 1 unspecified atom stereocenters. The first-order valence-corrected chi connectivity index (χ1v) is 6.76. The molecule has 0 fully saturated rings. The summed E-state index contributed by atoms with van der Waals surface area (Å²) in [6.07, 6.45) is -0.748. The number of ether oxygens (including phenoxy) is 1. The molecule has 2 aromatic rings. The van der Waals surface area contributed by atoms with Crippen molar-refractivity contribution >= 4 is 28.8 Å². The van der Waals surface area contributed by atoms with E-state index in [2.05, 4.69) is 0 Å². The third-order valence-corrected chi connectivity index (χ3v) is 2.98. The Morgan fingerprint density at radius 1 is 1.17 bits per heavy atom. The second-order valence-electron chi connectivity index (χ2n) is 4.80. The Bertz CT molecular complexity index is 841. The Morgan fingerprint density at radius 3 is 2.54 bits per heavy atom. The molecule has 0 aliphatic rings. The summed E-state index contributed by atoms with van der Waals surface area (Å²) in [6.45, 7) is -0.522. The van der Waals surface area contributed by atoms with E-state index in [1.807, 2.05) is 5.32 Å². The van der Waals surface area contributed by atoms with Crippen LogP contribution >= 0.6 is 0 Å². The van der Waals surface area contributed by atoms with Crippen LogP contribution in [-0.4, -0.2) is 40.7 Å². The molecule has 9 nitrogen and oxygen atoms in total. The molecule has 0 saturated carbocycles. The summed E-state index contributed by atoms with van der Waals surface area (Å²) in [7, 11) is 0. The summed E-state index contributed by atoms with van der Waals surface area (Å²) < 4.78 is 10.2. The number of carboxylic acids is 2. The fourth-order valence-electron chi connectivity index (χ4n) is 1.89. The number of hydrogen-bond acceptors (Lipinski definition) is 6. The lowest BCUT2D eigenvalue weighted by atomic mass is 10.2. The molecule has 2 rings (SSSR count). The molecule has 9 heteroatoms. The van der Waals surface area contributed by atoms with Crippen molar-refractivity contribution in [2.24, 2.45) is 0 Å². The lowest BCUT2D eigenvalue weighted by Gasteiger charge is -2.13. The van der Waals surface area contributed by atoms with Crippen LogP contribution in [0.1, 0.15) is 6.42 Å². The van der Waals surface area contributed by atoms with Crippen molar-refractivity contribution < 1.29 is 33.8 Å². The zero-order valence-corrected chi connectivity index (χ0v) is 12.2. The minimum absolute atomic E-state index is 0.233. The van der Waals surface area contributed by atoms with E-state index in [1.165, 1.54) is 12.1 Å². The van der Waals surface area contributed by atoms with Crippen LogP contribution in [0.4, 0.5) is 0 Å². The molecule has 0 saturated heterocycles. The highest BCUT2D eigenvalue weighted by atomic mass is 16.5. The van der Waals surface area contributed by atoms with Crippen molar-refractivity contribution in [3.05, 3.63) is 40.8 Å². The minimum atomic E-state index is -1.55. The Morgan fingerprint density at radius 2 is 1.88 bits per heavy atom. The molecular formula is C15H13NO8. The van der Waals surface area contributed by atoms with Crippen LogP contribution in [-0.2, 0) is 14.4 Å². The molecule has 0 aliphatic carbocycles. The Labute approximate surface area is 134 Å². The lowest BCUT2D eigenvalue weighted by Crippen LogP contribution is -2.44. The SMILES string of the molecule is O=C(O)CC(NC(=O)COc1ccc2ccc(=O)oc2c1)C(=O)O. The van der Waals surface area contributed by atoms with Gasteiger partial charge in [-0.05, 0) is 18.2 Å². The van der Waals surface area contributed by atoms with Gasteiger partial charge in [0.15, 0.2) is 6.61 Å². The number of rotatable bonds is 7. The highest BCUT2D eigenvalue weighted by Crippen LogP contribution is 2.19. The number of benzene rings is 1. The smallest absolute Gasteiger partial charge is 0.336 e. The van der Waals surface area contributed by atoms with E-state index in [0.29, 0.717) is 5.39 Å². The molecule has 3 N–H and O–H groups in total. The summed E-state index contributed by atoms with van der Waals surface area (Å²) >= 11 is 0. The molecule has 1 aromatic heterocycles. The Hall–Kier alpha value is -3.36. The predicted molar refractivity (Wildman–Crippen MR) is 79.8 cm³/mol. The average Bonchev–Trinajstić information content (AvgIpc) is 2.51. The summed E-state index contributed by atoms with van der Waals surface area (Å²) in [4.78, 5) is 44.2. The van der Waals surface area contributed by atoms with Crippen LogP contribution in [0.25, 0.3) is 11.0 Å². The van der Waals surface area contributed by atoms with E-state index in [1.54, 1.807) is 18.2 Å². The second-order valence-corrected chi connectivity index (χ2v) is 4.80. The standard InChI is InChI=1S/C15H13NO8/c17-12(16-10(15(21)22)6-13(18)19)7-23-9-3-1-8-2-4-14(20)24-11(8)5-9/h1-5,10H,6-7H2,(H,16,17)(H,18,19)(H,21,22). The van der Waals surface area contributed by atoms with Gasteiger partial charge in [0.2, 0.25) is 0 Å². The molecule has 0 spiro atoms. The fourth-order valence-corrected chi connectivity index (χ4v) is 1.89. The molecule has 24 heavy (non-hydrogen) atoms. The number of amides is 1. The maximum Gasteiger partial charge on any atom is 0.336 e. The van der Waals surface area contributed by atoms with E-state index in [0.717, 1.165) is 0 Å². The van der Waals surface area contributed by atoms with Gasteiger partial charge in [0.05, 0.1) is 6.42 Å². The number of hydrogen-bond donors (Lipinski definition) is 3. The summed E-state index contributed by atoms with van der Waals surface area (Å²) in [5.41, 5.74) is -0.259. The van der Waals surface area contributed by atoms with Gasteiger partial charge in [-0.2, -0.15) is 0 Å². The van der Waals surface area contributed by atoms with Gasteiger partial charge in [-0.1, -0.05) is 0 Å². The van der Waals surface area contributed by atoms with Gasteiger partial charge in [0.1, 0.15) is 17.4 Å². The van der Waals surface area contributed by atoms with Gasteiger partial charge in [-0.3, -0.25) is 9.59 Å². The highest BCUT2D eigenvalue weighted by molar-refractivity contribution is 5.87. The number of fused-ring (bicyclic) bond motifs is 1. The van der Waals surface area contributed by atoms with Crippen LogP contribution in [0.3, 0.4) is 0 Å². The van der Waals surface area contributed by atoms with Gasteiger partial charge in [-0.15, -0.1) is 0 Å². The summed E-state index contributed by atoms with van der Waals surface area (Å²) in [5, 5.41) is 20.1. The van der Waals surface area contributed by atoms with Crippen molar-refractivity contribution in [3.63, 3.8) is 0 Å². The van der Waals surface area contributed by atoms with Crippen molar-refractivity contribution in [1.29, 1.82) is 0 Å². The van der Waals surface area contributed by atoms with Gasteiger partial charge in [0, 0.05) is 17.5 Å². The third-order valence-electron chi connectivity index (χ3n) is 2.98. The normalized spacial score (nSPS) is 11.7. The van der Waals surface area contributed by atoms with E-state index in [4.69, 9.17) is 19.4 Å². The molecule has 1 atom stereocenters. The first-order chi connectivity index (χ1) is 11.3. The molecule has 1 aromatic carbocycles. The largest absolute Gasteiger partial charge is 0.484 e. The molecule has 1 amide bonds. The number of aliphatic carboxylic acids is 2. The minimum Gasteiger partial charge on any atom is -0.484 e. The molecule has 1 heterocycles. The molecule has 126 valence electrons. The second kappa shape index (κ2) is 7.27. The van der Waals surface area contributed by atoms with Crippen LogP contribution in [0.2, 0.25) is 0 Å². The van der Waals surface area contributed by atoms with Crippen LogP contribution in [0.5, 0.6) is 5.75 Å². The maximum atomic E-state index is 11.7. The first kappa shape index (κ1) is 17.0. The van der Waals surface area contributed by atoms with Crippen molar-refractivity contribution in [2.75, 3.05) is 6.61 Å². The van der Waals surface area contributed by atoms with Gasteiger partial charge < -0.3 is 24.7 Å². The number of nitrogens with one attached hydrogen (secondary N) is 1. The van der Waals surface area contributed by atoms with Crippen LogP contribution in [0, 0.1) is 0 Å². The quantitative estimate of drug-likeness (QED) is 0.610. The van der Waals surface area contributed by atoms with E-state index >= 15 is 0 Å². The summed E-state index contributed by atoms with van der Waals surface area (Å²) in [6, 6.07) is 5.87. The van der Waals surface area contributed by atoms with E-state index in [-0.39, 0.29) is 11.3 Å². The number of carbonyl (C=O) groups is 3. The topological polar surface area (TPSA) is 143 Å². The zero-order valence-electron chi connectivity index (χ0n) is 12.2. The maximum absolute atomic E-state index is 11.7. The molecule has 0 radical (unpaired) electrons. The predicted octanol–water partition coefficient (Wildman–Crippen LogP) is 0.216. The van der Waals surface area contributed by atoms with Crippen LogP contribution < -0.4 is 15.7 Å². The lowest BCUT2D eigenvalue weighted by molar-refractivity contribution is -0.147. The average molecular weight is 335 g/mol.